The average molecular weight is 302 g/mol. The lowest BCUT2D eigenvalue weighted by Gasteiger charge is -2.01. The van der Waals surface area contributed by atoms with E-state index in [4.69, 9.17) is 0 Å². The van der Waals surface area contributed by atoms with Crippen molar-refractivity contribution in [2.24, 2.45) is 5.10 Å². The first-order chi connectivity index (χ1) is 9.76. The highest BCUT2D eigenvalue weighted by Crippen LogP contribution is 2.29. The first kappa shape index (κ1) is 13.2. The molecule has 102 valence electrons. The van der Waals surface area contributed by atoms with Crippen molar-refractivity contribution >= 4 is 44.9 Å². The zero-order valence-electron chi connectivity index (χ0n) is 11.3. The van der Waals surface area contributed by atoms with Crippen LogP contribution in [0.3, 0.4) is 0 Å². The molecular weight excluding hydrogens is 288 g/mol. The van der Waals surface area contributed by atoms with Gasteiger partial charge < -0.3 is 0 Å². The van der Waals surface area contributed by atoms with Gasteiger partial charge in [-0.3, -0.25) is 5.43 Å². The highest BCUT2D eigenvalue weighted by molar-refractivity contribution is 7.18. The summed E-state index contributed by atoms with van der Waals surface area (Å²) in [4.78, 5) is 12.4. The summed E-state index contributed by atoms with van der Waals surface area (Å²) in [5, 5.41) is 7.33. The Morgan fingerprint density at radius 2 is 2.30 bits per heavy atom. The van der Waals surface area contributed by atoms with E-state index < -0.39 is 0 Å². The Bertz CT molecular complexity index is 744. The summed E-state index contributed by atoms with van der Waals surface area (Å²) in [7, 11) is 0. The molecule has 0 aliphatic carbocycles. The Balaban J connectivity index is 1.91. The summed E-state index contributed by atoms with van der Waals surface area (Å²) in [6, 6.07) is 6.17. The van der Waals surface area contributed by atoms with Gasteiger partial charge in [-0.2, -0.15) is 5.10 Å². The Morgan fingerprint density at radius 1 is 1.40 bits per heavy atom. The summed E-state index contributed by atoms with van der Waals surface area (Å²) >= 11 is 3.37. The molecule has 0 unspecified atom stereocenters. The van der Waals surface area contributed by atoms with Crippen molar-refractivity contribution in [3.8, 4) is 0 Å². The number of anilines is 1. The van der Waals surface area contributed by atoms with Crippen LogP contribution in [0.2, 0.25) is 0 Å². The molecule has 3 aromatic rings. The minimum atomic E-state index is 0.760. The number of hydrogen-bond acceptors (Lipinski definition) is 6. The minimum absolute atomic E-state index is 0.760. The molecule has 0 aliphatic heterocycles. The second-order valence-electron chi connectivity index (χ2n) is 4.29. The quantitative estimate of drug-likeness (QED) is 0.584. The molecule has 0 amide bonds. The van der Waals surface area contributed by atoms with Crippen LogP contribution in [0, 0.1) is 6.92 Å². The smallest absolute Gasteiger partial charge is 0.158 e. The number of aromatic nitrogens is 2. The summed E-state index contributed by atoms with van der Waals surface area (Å²) in [5.74, 6) is 1.53. The molecule has 3 heterocycles. The van der Waals surface area contributed by atoms with Crippen LogP contribution in [0.5, 0.6) is 0 Å². The summed E-state index contributed by atoms with van der Waals surface area (Å²) in [6.07, 6.45) is 2.82. The van der Waals surface area contributed by atoms with Crippen LogP contribution in [0.25, 0.3) is 10.2 Å². The predicted molar refractivity (Wildman–Crippen MR) is 87.1 cm³/mol. The lowest BCUT2D eigenvalue weighted by atomic mass is 10.3. The number of nitrogens with one attached hydrogen (secondary N) is 1. The highest BCUT2D eigenvalue weighted by atomic mass is 32.1. The van der Waals surface area contributed by atoms with Crippen LogP contribution in [0.4, 0.5) is 5.82 Å². The van der Waals surface area contributed by atoms with Crippen LogP contribution in [-0.4, -0.2) is 16.2 Å². The van der Waals surface area contributed by atoms with Crippen LogP contribution >= 0.6 is 22.7 Å². The first-order valence-electron chi connectivity index (χ1n) is 6.36. The van der Waals surface area contributed by atoms with Gasteiger partial charge in [-0.25, -0.2) is 9.97 Å². The van der Waals surface area contributed by atoms with E-state index in [1.165, 1.54) is 4.88 Å². The van der Waals surface area contributed by atoms with Gasteiger partial charge >= 0.3 is 0 Å². The maximum Gasteiger partial charge on any atom is 0.158 e. The normalized spacial score (nSPS) is 11.5. The largest absolute Gasteiger partial charge is 0.261 e. The van der Waals surface area contributed by atoms with Gasteiger partial charge in [0.2, 0.25) is 0 Å². The Hall–Kier alpha value is -1.79. The van der Waals surface area contributed by atoms with Crippen molar-refractivity contribution in [1.29, 1.82) is 0 Å². The zero-order valence-corrected chi connectivity index (χ0v) is 12.9. The maximum absolute atomic E-state index is 4.48. The van der Waals surface area contributed by atoms with Crippen LogP contribution < -0.4 is 5.43 Å². The van der Waals surface area contributed by atoms with Crippen molar-refractivity contribution < 1.29 is 0 Å². The number of aryl methyl sites for hydroxylation is 2. The third-order valence-electron chi connectivity index (χ3n) is 2.81. The fourth-order valence-electron chi connectivity index (χ4n) is 1.86. The van der Waals surface area contributed by atoms with Crippen molar-refractivity contribution in [3.05, 3.63) is 39.2 Å². The highest BCUT2D eigenvalue weighted by Gasteiger charge is 2.09. The van der Waals surface area contributed by atoms with Crippen LogP contribution in [0.15, 0.2) is 28.7 Å². The molecule has 0 bridgehead atoms. The van der Waals surface area contributed by atoms with E-state index in [0.717, 1.165) is 33.2 Å². The van der Waals surface area contributed by atoms with E-state index in [1.54, 1.807) is 28.9 Å². The maximum atomic E-state index is 4.48. The average Bonchev–Trinajstić information content (AvgIpc) is 3.06. The number of rotatable bonds is 4. The van der Waals surface area contributed by atoms with Gasteiger partial charge in [-0.1, -0.05) is 13.0 Å². The van der Waals surface area contributed by atoms with Crippen LogP contribution in [0.1, 0.15) is 22.5 Å². The summed E-state index contributed by atoms with van der Waals surface area (Å²) < 4.78 is 0. The third-order valence-corrected chi connectivity index (χ3v) is 4.79. The van der Waals surface area contributed by atoms with E-state index >= 15 is 0 Å². The SMILES string of the molecule is CCc1cc2c(N/N=C\c3cccs3)nc(C)nc2s1. The van der Waals surface area contributed by atoms with Gasteiger partial charge in [0.25, 0.3) is 0 Å². The molecule has 3 aromatic heterocycles. The number of thiophene rings is 2. The van der Waals surface area contributed by atoms with Gasteiger partial charge in [0.05, 0.1) is 11.6 Å². The molecule has 0 saturated carbocycles. The summed E-state index contributed by atoms with van der Waals surface area (Å²) in [6.45, 7) is 4.05. The predicted octanol–water partition coefficient (Wildman–Crippen LogP) is 4.07. The van der Waals surface area contributed by atoms with Crippen molar-refractivity contribution in [2.75, 3.05) is 5.43 Å². The molecule has 20 heavy (non-hydrogen) atoms. The molecule has 4 nitrogen and oxygen atoms in total. The van der Waals surface area contributed by atoms with Gasteiger partial charge in [0.15, 0.2) is 5.82 Å². The molecule has 0 radical (unpaired) electrons. The Kier molecular flexibility index (Phi) is 3.75. The molecule has 0 saturated heterocycles. The number of nitrogens with zero attached hydrogens (tertiary/aromatic N) is 3. The molecule has 0 atom stereocenters. The third kappa shape index (κ3) is 2.71. The monoisotopic (exact) mass is 302 g/mol. The van der Waals surface area contributed by atoms with Gasteiger partial charge in [-0.15, -0.1) is 22.7 Å². The minimum Gasteiger partial charge on any atom is -0.261 e. The van der Waals surface area contributed by atoms with Gasteiger partial charge in [0.1, 0.15) is 10.7 Å². The van der Waals surface area contributed by atoms with Crippen molar-refractivity contribution in [2.45, 2.75) is 20.3 Å². The molecular formula is C14H14N4S2. The van der Waals surface area contributed by atoms with E-state index in [2.05, 4.69) is 33.5 Å². The second-order valence-corrected chi connectivity index (χ2v) is 6.38. The van der Waals surface area contributed by atoms with E-state index in [0.29, 0.717) is 0 Å². The van der Waals surface area contributed by atoms with E-state index in [1.807, 2.05) is 24.4 Å². The molecule has 6 heteroatoms. The number of fused-ring (bicyclic) bond motifs is 1. The van der Waals surface area contributed by atoms with Crippen molar-refractivity contribution in [1.82, 2.24) is 9.97 Å². The van der Waals surface area contributed by atoms with E-state index in [9.17, 15) is 0 Å². The van der Waals surface area contributed by atoms with Crippen molar-refractivity contribution in [3.63, 3.8) is 0 Å². The topological polar surface area (TPSA) is 50.2 Å². The lowest BCUT2D eigenvalue weighted by molar-refractivity contribution is 1.09. The number of hydrazone groups is 1. The van der Waals surface area contributed by atoms with Crippen LogP contribution in [-0.2, 0) is 6.42 Å². The fourth-order valence-corrected chi connectivity index (χ4v) is 3.46. The lowest BCUT2D eigenvalue weighted by Crippen LogP contribution is -1.97. The first-order valence-corrected chi connectivity index (χ1v) is 8.05. The Morgan fingerprint density at radius 3 is 3.05 bits per heavy atom. The number of hydrogen-bond donors (Lipinski definition) is 1. The molecule has 1 N–H and O–H groups in total. The second kappa shape index (κ2) is 5.68. The molecule has 0 aliphatic rings. The molecule has 3 rings (SSSR count). The zero-order chi connectivity index (χ0) is 13.9. The van der Waals surface area contributed by atoms with Gasteiger partial charge in [-0.05, 0) is 30.9 Å². The summed E-state index contributed by atoms with van der Waals surface area (Å²) in [5.41, 5.74) is 3.04. The Labute approximate surface area is 125 Å². The fraction of sp³-hybridized carbons (Fsp3) is 0.214. The molecule has 0 spiro atoms. The van der Waals surface area contributed by atoms with E-state index in [-0.39, 0.29) is 0 Å². The molecule has 0 aromatic carbocycles. The standard InChI is InChI=1S/C14H14N4S2/c1-3-10-7-12-13(16-9(2)17-14(12)20-10)18-15-8-11-5-4-6-19-11/h4-8H,3H2,1-2H3,(H,16,17,18)/b15-8-. The molecule has 0 fully saturated rings. The van der Waals surface area contributed by atoms with Gasteiger partial charge in [0, 0.05) is 9.75 Å².